The van der Waals surface area contributed by atoms with Gasteiger partial charge in [0, 0.05) is 16.2 Å². The second-order valence-electron chi connectivity index (χ2n) is 6.36. The zero-order valence-corrected chi connectivity index (χ0v) is 15.5. The lowest BCUT2D eigenvalue weighted by Gasteiger charge is -2.21. The molecule has 2 aromatic rings. The van der Waals surface area contributed by atoms with E-state index in [1.165, 1.54) is 0 Å². The van der Waals surface area contributed by atoms with Gasteiger partial charge in [-0.3, -0.25) is 9.59 Å². The Morgan fingerprint density at radius 3 is 1.77 bits per heavy atom. The van der Waals surface area contributed by atoms with E-state index < -0.39 is 5.92 Å². The number of ketones is 2. The first-order chi connectivity index (χ1) is 12.5. The van der Waals surface area contributed by atoms with E-state index in [0.29, 0.717) is 35.4 Å². The van der Waals surface area contributed by atoms with E-state index in [2.05, 4.69) is 13.2 Å². The fourth-order valence-electron chi connectivity index (χ4n) is 3.09. The number of Topliss-reactive ketones (excluding diaryl/α,β-unsaturated/α-hetero) is 2. The summed E-state index contributed by atoms with van der Waals surface area (Å²) in [5.41, 5.74) is 1.09. The van der Waals surface area contributed by atoms with Gasteiger partial charge in [0.1, 0.15) is 0 Å². The van der Waals surface area contributed by atoms with Gasteiger partial charge in [-0.25, -0.2) is 0 Å². The molecule has 0 bridgehead atoms. The molecule has 2 aromatic carbocycles. The van der Waals surface area contributed by atoms with Crippen LogP contribution in [-0.2, 0) is 0 Å². The molecule has 0 saturated carbocycles. The Labute approximate surface area is 160 Å². The lowest BCUT2D eigenvalue weighted by molar-refractivity contribution is 0.0783. The maximum Gasteiger partial charge on any atom is 0.173 e. The van der Waals surface area contributed by atoms with Crippen molar-refractivity contribution in [3.63, 3.8) is 0 Å². The fourth-order valence-corrected chi connectivity index (χ4v) is 3.30. The molecular weight excluding hydrogens is 344 g/mol. The number of halogens is 1. The van der Waals surface area contributed by atoms with Crippen molar-refractivity contribution in [1.29, 1.82) is 0 Å². The van der Waals surface area contributed by atoms with Gasteiger partial charge >= 0.3 is 0 Å². The van der Waals surface area contributed by atoms with Crippen LogP contribution in [0.1, 0.15) is 40.0 Å². The summed E-state index contributed by atoms with van der Waals surface area (Å²) in [5.74, 6) is -1.02. The SMILES string of the molecule is C=CCC(CC(=C)Cl)CC(C(=O)c1ccccc1)C(=O)c1ccccc1. The molecule has 0 aliphatic rings. The second kappa shape index (κ2) is 9.88. The van der Waals surface area contributed by atoms with E-state index in [0.717, 1.165) is 0 Å². The molecule has 0 fully saturated rings. The smallest absolute Gasteiger partial charge is 0.173 e. The maximum atomic E-state index is 13.1. The van der Waals surface area contributed by atoms with Gasteiger partial charge in [0.25, 0.3) is 0 Å². The van der Waals surface area contributed by atoms with Crippen LogP contribution in [-0.4, -0.2) is 11.6 Å². The minimum Gasteiger partial charge on any atom is -0.293 e. The first-order valence-corrected chi connectivity index (χ1v) is 9.03. The van der Waals surface area contributed by atoms with Crippen LogP contribution in [0.25, 0.3) is 0 Å². The van der Waals surface area contributed by atoms with E-state index >= 15 is 0 Å². The first-order valence-electron chi connectivity index (χ1n) is 8.65. The third kappa shape index (κ3) is 5.53. The summed E-state index contributed by atoms with van der Waals surface area (Å²) < 4.78 is 0. The highest BCUT2D eigenvalue weighted by atomic mass is 35.5. The number of rotatable bonds is 10. The Kier molecular flexibility index (Phi) is 7.55. The number of hydrogen-bond donors (Lipinski definition) is 0. The van der Waals surface area contributed by atoms with Gasteiger partial charge in [0.15, 0.2) is 11.6 Å². The van der Waals surface area contributed by atoms with Crippen LogP contribution in [0.3, 0.4) is 0 Å². The highest BCUT2D eigenvalue weighted by molar-refractivity contribution is 6.29. The van der Waals surface area contributed by atoms with Crippen LogP contribution >= 0.6 is 11.6 Å². The minimum absolute atomic E-state index is 0.0443. The Bertz CT molecular complexity index is 714. The van der Waals surface area contributed by atoms with E-state index in [1.54, 1.807) is 54.6 Å². The van der Waals surface area contributed by atoms with Crippen molar-refractivity contribution in [2.24, 2.45) is 11.8 Å². The van der Waals surface area contributed by atoms with Crippen LogP contribution in [0.5, 0.6) is 0 Å². The summed E-state index contributed by atoms with van der Waals surface area (Å²) >= 11 is 5.99. The van der Waals surface area contributed by atoms with Crippen molar-refractivity contribution in [1.82, 2.24) is 0 Å². The third-order valence-corrected chi connectivity index (χ3v) is 4.48. The van der Waals surface area contributed by atoms with Crippen molar-refractivity contribution in [3.05, 3.63) is 96.1 Å². The fraction of sp³-hybridized carbons (Fsp3) is 0.217. The summed E-state index contributed by atoms with van der Waals surface area (Å²) in [5, 5.41) is 0.523. The zero-order chi connectivity index (χ0) is 18.9. The Balaban J connectivity index is 2.34. The monoisotopic (exact) mass is 366 g/mol. The van der Waals surface area contributed by atoms with Gasteiger partial charge in [0.05, 0.1) is 5.92 Å². The average molecular weight is 367 g/mol. The molecule has 0 spiro atoms. The molecule has 3 heteroatoms. The van der Waals surface area contributed by atoms with E-state index in [1.807, 2.05) is 12.1 Å². The van der Waals surface area contributed by atoms with Crippen molar-refractivity contribution in [2.75, 3.05) is 0 Å². The third-order valence-electron chi connectivity index (χ3n) is 4.33. The Morgan fingerprint density at radius 2 is 1.38 bits per heavy atom. The summed E-state index contributed by atoms with van der Waals surface area (Å²) in [7, 11) is 0. The zero-order valence-electron chi connectivity index (χ0n) is 14.7. The van der Waals surface area contributed by atoms with Gasteiger partial charge in [-0.05, 0) is 25.2 Å². The predicted molar refractivity (Wildman–Crippen MR) is 108 cm³/mol. The van der Waals surface area contributed by atoms with Crippen molar-refractivity contribution >= 4 is 23.2 Å². The molecule has 0 radical (unpaired) electrons. The Hall–Kier alpha value is -2.45. The molecule has 26 heavy (non-hydrogen) atoms. The van der Waals surface area contributed by atoms with Crippen LogP contribution < -0.4 is 0 Å². The molecule has 1 atom stereocenters. The average Bonchev–Trinajstić information content (AvgIpc) is 2.66. The molecule has 0 aliphatic carbocycles. The normalized spacial score (nSPS) is 11.8. The van der Waals surface area contributed by atoms with Gasteiger partial charge < -0.3 is 0 Å². The van der Waals surface area contributed by atoms with Gasteiger partial charge in [-0.1, -0.05) is 84.9 Å². The highest BCUT2D eigenvalue weighted by Crippen LogP contribution is 2.29. The van der Waals surface area contributed by atoms with Crippen LogP contribution in [0.2, 0.25) is 0 Å². The summed E-state index contributed by atoms with van der Waals surface area (Å²) in [6.45, 7) is 7.53. The van der Waals surface area contributed by atoms with Gasteiger partial charge in [-0.15, -0.1) is 6.58 Å². The molecule has 1 unspecified atom stereocenters. The number of carbonyl (C=O) groups excluding carboxylic acids is 2. The quantitative estimate of drug-likeness (QED) is 0.289. The second-order valence-corrected chi connectivity index (χ2v) is 6.90. The number of allylic oxidation sites excluding steroid dienone is 2. The number of benzene rings is 2. The minimum atomic E-state index is -0.749. The molecule has 134 valence electrons. The predicted octanol–water partition coefficient (Wildman–Crippen LogP) is 6.09. The van der Waals surface area contributed by atoms with E-state index in [-0.39, 0.29) is 17.5 Å². The van der Waals surface area contributed by atoms with E-state index in [4.69, 9.17) is 11.6 Å². The van der Waals surface area contributed by atoms with E-state index in [9.17, 15) is 9.59 Å². The summed E-state index contributed by atoms with van der Waals surface area (Å²) in [6, 6.07) is 17.9. The van der Waals surface area contributed by atoms with Crippen molar-refractivity contribution in [3.8, 4) is 0 Å². The molecule has 0 aliphatic heterocycles. The van der Waals surface area contributed by atoms with Crippen molar-refractivity contribution in [2.45, 2.75) is 19.3 Å². The van der Waals surface area contributed by atoms with Crippen molar-refractivity contribution < 1.29 is 9.59 Å². The summed E-state index contributed by atoms with van der Waals surface area (Å²) in [6.07, 6.45) is 3.43. The first kappa shape index (κ1) is 19.9. The lowest BCUT2D eigenvalue weighted by Crippen LogP contribution is -2.27. The molecule has 0 amide bonds. The standard InChI is InChI=1S/C23H23ClO2/c1-3-10-18(15-17(2)24)16-21(22(25)19-11-6-4-7-12-19)23(26)20-13-8-5-9-14-20/h3-9,11-14,18,21H,1-2,10,15-16H2. The van der Waals surface area contributed by atoms with Crippen LogP contribution in [0.15, 0.2) is 84.9 Å². The van der Waals surface area contributed by atoms with Gasteiger partial charge in [0.2, 0.25) is 0 Å². The molecule has 2 rings (SSSR count). The maximum absolute atomic E-state index is 13.1. The molecule has 0 heterocycles. The highest BCUT2D eigenvalue weighted by Gasteiger charge is 2.30. The van der Waals surface area contributed by atoms with Crippen LogP contribution in [0, 0.1) is 11.8 Å². The number of carbonyl (C=O) groups is 2. The molecule has 2 nitrogen and oxygen atoms in total. The molecular formula is C23H23ClO2. The molecule has 0 N–H and O–H groups in total. The van der Waals surface area contributed by atoms with Crippen LogP contribution in [0.4, 0.5) is 0 Å². The molecule has 0 saturated heterocycles. The summed E-state index contributed by atoms with van der Waals surface area (Å²) in [4.78, 5) is 26.2. The topological polar surface area (TPSA) is 34.1 Å². The Morgan fingerprint density at radius 1 is 0.923 bits per heavy atom. The van der Waals surface area contributed by atoms with Gasteiger partial charge in [-0.2, -0.15) is 0 Å². The largest absolute Gasteiger partial charge is 0.293 e. The number of hydrogen-bond acceptors (Lipinski definition) is 2. The lowest BCUT2D eigenvalue weighted by atomic mass is 9.81. The molecule has 0 aromatic heterocycles.